The van der Waals surface area contributed by atoms with E-state index in [4.69, 9.17) is 11.6 Å². The number of phenols is 1. The summed E-state index contributed by atoms with van der Waals surface area (Å²) in [5.41, 5.74) is 2.60. The molecule has 0 unspecified atom stereocenters. The van der Waals surface area contributed by atoms with Gasteiger partial charge in [-0.1, -0.05) is 31.5 Å². The molecule has 3 heteroatoms. The minimum Gasteiger partial charge on any atom is -0.506 e. The van der Waals surface area contributed by atoms with Crippen molar-refractivity contribution >= 4 is 11.6 Å². The van der Waals surface area contributed by atoms with Crippen LogP contribution in [-0.2, 0) is 18.3 Å². The molecule has 0 heterocycles. The monoisotopic (exact) mass is 240 g/mol. The summed E-state index contributed by atoms with van der Waals surface area (Å²) in [6.45, 7) is 3.80. The fourth-order valence-electron chi connectivity index (χ4n) is 2.28. The van der Waals surface area contributed by atoms with Crippen molar-refractivity contribution in [3.8, 4) is 5.75 Å². The van der Waals surface area contributed by atoms with E-state index in [1.54, 1.807) is 0 Å². The lowest BCUT2D eigenvalue weighted by molar-refractivity contribution is 0.215. The molecule has 1 aliphatic carbocycles. The molecule has 1 aliphatic rings. The van der Waals surface area contributed by atoms with E-state index in [0.717, 1.165) is 30.4 Å². The largest absolute Gasteiger partial charge is 0.506 e. The van der Waals surface area contributed by atoms with Gasteiger partial charge in [-0.15, -0.1) is 0 Å². The molecule has 0 saturated heterocycles. The molecular weight excluding hydrogens is 224 g/mol. The molecule has 0 fully saturated rings. The van der Waals surface area contributed by atoms with Gasteiger partial charge in [-0.25, -0.2) is 0 Å². The van der Waals surface area contributed by atoms with Gasteiger partial charge >= 0.3 is 0 Å². The Morgan fingerprint density at radius 2 is 2.06 bits per heavy atom. The number of aliphatic hydroxyl groups is 1. The number of phenolic OH excluding ortho intramolecular Hbond substituents is 1. The van der Waals surface area contributed by atoms with Crippen LogP contribution in [0.25, 0.3) is 0 Å². The normalized spacial score (nSPS) is 15.2. The number of aromatic hydroxyl groups is 1. The summed E-state index contributed by atoms with van der Waals surface area (Å²) in [6, 6.07) is 2.00. The molecule has 1 aromatic rings. The molecule has 0 radical (unpaired) electrons. The molecule has 2 rings (SSSR count). The van der Waals surface area contributed by atoms with Crippen molar-refractivity contribution in [2.24, 2.45) is 0 Å². The molecule has 0 aromatic heterocycles. The number of aryl methyl sites for hydroxylation is 1. The molecular formula is C13H17ClO2. The molecule has 0 bridgehead atoms. The quantitative estimate of drug-likeness (QED) is 0.835. The summed E-state index contributed by atoms with van der Waals surface area (Å²) in [5.74, 6) is 0.140. The molecule has 2 N–H and O–H groups in total. The molecule has 88 valence electrons. The number of halogens is 1. The van der Waals surface area contributed by atoms with Crippen LogP contribution in [0.4, 0.5) is 0 Å². The third-order valence-corrected chi connectivity index (χ3v) is 3.84. The summed E-state index contributed by atoms with van der Waals surface area (Å²) in [7, 11) is 0. The first-order valence-electron chi connectivity index (χ1n) is 5.62. The summed E-state index contributed by atoms with van der Waals surface area (Å²) in [5, 5.41) is 19.9. The topological polar surface area (TPSA) is 40.5 Å². The summed E-state index contributed by atoms with van der Waals surface area (Å²) in [6.07, 6.45) is 3.06. The van der Waals surface area contributed by atoms with Crippen molar-refractivity contribution < 1.29 is 10.2 Å². The van der Waals surface area contributed by atoms with Gasteiger partial charge in [-0.3, -0.25) is 0 Å². The van der Waals surface area contributed by atoms with Crippen LogP contribution in [0.3, 0.4) is 0 Å². The van der Waals surface area contributed by atoms with Crippen LogP contribution in [-0.4, -0.2) is 16.8 Å². The van der Waals surface area contributed by atoms with Gasteiger partial charge in [0, 0.05) is 11.0 Å². The Balaban J connectivity index is 2.60. The second kappa shape index (κ2) is 3.94. The van der Waals surface area contributed by atoms with E-state index in [1.807, 2.05) is 19.9 Å². The molecule has 16 heavy (non-hydrogen) atoms. The maximum atomic E-state index is 10.1. The molecule has 2 nitrogen and oxygen atoms in total. The highest BCUT2D eigenvalue weighted by Gasteiger charge is 2.28. The lowest BCUT2D eigenvalue weighted by Crippen LogP contribution is -2.22. The van der Waals surface area contributed by atoms with E-state index >= 15 is 0 Å². The van der Waals surface area contributed by atoms with Crippen LogP contribution in [0.15, 0.2) is 6.07 Å². The van der Waals surface area contributed by atoms with Crippen molar-refractivity contribution in [3.05, 3.63) is 27.8 Å². The number of aliphatic hydroxyl groups excluding tert-OH is 1. The maximum absolute atomic E-state index is 10.1. The van der Waals surface area contributed by atoms with Gasteiger partial charge in [0.25, 0.3) is 0 Å². The zero-order valence-corrected chi connectivity index (χ0v) is 10.4. The van der Waals surface area contributed by atoms with Crippen molar-refractivity contribution in [1.82, 2.24) is 0 Å². The minimum atomic E-state index is -0.453. The van der Waals surface area contributed by atoms with E-state index in [0.29, 0.717) is 5.02 Å². The van der Waals surface area contributed by atoms with Crippen molar-refractivity contribution in [3.63, 3.8) is 0 Å². The zero-order valence-electron chi connectivity index (χ0n) is 9.68. The highest BCUT2D eigenvalue weighted by molar-refractivity contribution is 6.33. The van der Waals surface area contributed by atoms with E-state index in [1.165, 1.54) is 5.56 Å². The summed E-state index contributed by atoms with van der Waals surface area (Å²) in [4.78, 5) is 0. The smallest absolute Gasteiger partial charge is 0.138 e. The Bertz CT molecular complexity index is 424. The standard InChI is InChI=1S/C13H17ClO2/c1-13(2,7-15)10-6-8-4-3-5-9(8)11(14)12(10)16/h6,15-16H,3-5,7H2,1-2H3. The van der Waals surface area contributed by atoms with E-state index in [-0.39, 0.29) is 12.4 Å². The molecule has 0 aliphatic heterocycles. The van der Waals surface area contributed by atoms with Gasteiger partial charge < -0.3 is 10.2 Å². The van der Waals surface area contributed by atoms with Crippen molar-refractivity contribution in [1.29, 1.82) is 0 Å². The Labute approximate surface area is 101 Å². The second-order valence-electron chi connectivity index (χ2n) is 5.12. The van der Waals surface area contributed by atoms with Crippen molar-refractivity contribution in [2.45, 2.75) is 38.5 Å². The van der Waals surface area contributed by atoms with Gasteiger partial charge in [0.1, 0.15) is 5.75 Å². The Morgan fingerprint density at radius 3 is 2.69 bits per heavy atom. The Hall–Kier alpha value is -0.730. The fraction of sp³-hybridized carbons (Fsp3) is 0.538. The average Bonchev–Trinajstić information content (AvgIpc) is 2.71. The second-order valence-corrected chi connectivity index (χ2v) is 5.50. The van der Waals surface area contributed by atoms with E-state index in [2.05, 4.69) is 0 Å². The average molecular weight is 241 g/mol. The molecule has 0 amide bonds. The predicted molar refractivity (Wildman–Crippen MR) is 65.3 cm³/mol. The zero-order chi connectivity index (χ0) is 11.9. The summed E-state index contributed by atoms with van der Waals surface area (Å²) >= 11 is 6.18. The third-order valence-electron chi connectivity index (χ3n) is 3.43. The number of hydrogen-bond acceptors (Lipinski definition) is 2. The van der Waals surface area contributed by atoms with E-state index < -0.39 is 5.41 Å². The van der Waals surface area contributed by atoms with Gasteiger partial charge in [-0.2, -0.15) is 0 Å². The van der Waals surface area contributed by atoms with Crippen LogP contribution in [0, 0.1) is 0 Å². The fourth-order valence-corrected chi connectivity index (χ4v) is 2.60. The lowest BCUT2D eigenvalue weighted by atomic mass is 9.83. The molecule has 0 spiro atoms. The minimum absolute atomic E-state index is 0.00429. The number of fused-ring (bicyclic) bond motifs is 1. The predicted octanol–water partition coefficient (Wildman–Crippen LogP) is 2.80. The van der Waals surface area contributed by atoms with Crippen molar-refractivity contribution in [2.75, 3.05) is 6.61 Å². The number of benzene rings is 1. The lowest BCUT2D eigenvalue weighted by Gasteiger charge is -2.25. The molecule has 0 saturated carbocycles. The Morgan fingerprint density at radius 1 is 1.38 bits per heavy atom. The van der Waals surface area contributed by atoms with Gasteiger partial charge in [0.05, 0.1) is 11.6 Å². The van der Waals surface area contributed by atoms with Gasteiger partial charge in [0.2, 0.25) is 0 Å². The summed E-state index contributed by atoms with van der Waals surface area (Å²) < 4.78 is 0. The van der Waals surface area contributed by atoms with E-state index in [9.17, 15) is 10.2 Å². The Kier molecular flexibility index (Phi) is 2.89. The number of rotatable bonds is 2. The third kappa shape index (κ3) is 1.70. The van der Waals surface area contributed by atoms with Gasteiger partial charge in [0.15, 0.2) is 0 Å². The molecule has 1 aromatic carbocycles. The van der Waals surface area contributed by atoms with Crippen LogP contribution in [0.1, 0.15) is 37.0 Å². The van der Waals surface area contributed by atoms with Gasteiger partial charge in [-0.05, 0) is 30.4 Å². The first kappa shape index (κ1) is 11.7. The highest BCUT2D eigenvalue weighted by atomic mass is 35.5. The SMILES string of the molecule is CC(C)(CO)c1cc2c(c(Cl)c1O)CCC2. The van der Waals surface area contributed by atoms with Crippen LogP contribution >= 0.6 is 11.6 Å². The first-order chi connectivity index (χ1) is 7.47. The first-order valence-corrected chi connectivity index (χ1v) is 5.99. The molecule has 0 atom stereocenters. The van der Waals surface area contributed by atoms with Crippen LogP contribution in [0.5, 0.6) is 5.75 Å². The number of hydrogen-bond donors (Lipinski definition) is 2. The highest BCUT2D eigenvalue weighted by Crippen LogP contribution is 2.42. The van der Waals surface area contributed by atoms with Crippen LogP contribution < -0.4 is 0 Å². The van der Waals surface area contributed by atoms with Crippen LogP contribution in [0.2, 0.25) is 5.02 Å². The maximum Gasteiger partial charge on any atom is 0.138 e.